The Kier molecular flexibility index (Phi) is 6.47. The Labute approximate surface area is 158 Å². The van der Waals surface area contributed by atoms with E-state index in [0.29, 0.717) is 16.8 Å². The van der Waals surface area contributed by atoms with Gasteiger partial charge < -0.3 is 5.21 Å². The molecule has 3 N–H and O–H groups in total. The van der Waals surface area contributed by atoms with Gasteiger partial charge in [-0.15, -0.1) is 0 Å². The molecule has 0 atom stereocenters. The zero-order valence-electron chi connectivity index (χ0n) is 13.5. The van der Waals surface area contributed by atoms with Crippen LogP contribution in [0.5, 0.6) is 0 Å². The van der Waals surface area contributed by atoms with Crippen LogP contribution in [-0.4, -0.2) is 37.7 Å². The second-order valence-corrected chi connectivity index (χ2v) is 7.81. The fourth-order valence-corrected chi connectivity index (χ4v) is 2.94. The van der Waals surface area contributed by atoms with Crippen molar-refractivity contribution in [1.82, 2.24) is 5.43 Å². The minimum Gasteiger partial charge on any atom is -0.411 e. The molecule has 0 spiro atoms. The lowest BCUT2D eigenvalue weighted by Crippen LogP contribution is -2.20. The topological polar surface area (TPSA) is 120 Å². The molecule has 0 fully saturated rings. The second-order valence-electron chi connectivity index (χ2n) is 5.15. The first-order valence-corrected chi connectivity index (χ1v) is 9.86. The zero-order valence-corrected chi connectivity index (χ0v) is 16.0. The van der Waals surface area contributed by atoms with E-state index in [9.17, 15) is 13.2 Å². The fraction of sp³-hybridized carbons (Fsp3) is 0.0625. The van der Waals surface area contributed by atoms with Crippen LogP contribution in [-0.2, 0) is 10.0 Å². The van der Waals surface area contributed by atoms with Crippen LogP contribution in [0.2, 0.25) is 0 Å². The molecule has 1 amide bonds. The Hall–Kier alpha value is -2.72. The van der Waals surface area contributed by atoms with Gasteiger partial charge in [0, 0.05) is 21.3 Å². The van der Waals surface area contributed by atoms with Gasteiger partial charge in [0.2, 0.25) is 10.0 Å². The second kappa shape index (κ2) is 8.59. The number of nitrogens with one attached hydrogen (secondary N) is 2. The van der Waals surface area contributed by atoms with Gasteiger partial charge in [0.05, 0.1) is 12.5 Å². The van der Waals surface area contributed by atoms with Crippen molar-refractivity contribution in [2.24, 2.45) is 10.3 Å². The van der Waals surface area contributed by atoms with Gasteiger partial charge in [0.15, 0.2) is 0 Å². The molecule has 0 radical (unpaired) electrons. The summed E-state index contributed by atoms with van der Waals surface area (Å²) < 4.78 is 25.8. The molecule has 8 nitrogen and oxygen atoms in total. The lowest BCUT2D eigenvalue weighted by atomic mass is 10.1. The van der Waals surface area contributed by atoms with Crippen LogP contribution < -0.4 is 10.1 Å². The number of rotatable bonds is 6. The fourth-order valence-electron chi connectivity index (χ4n) is 1.98. The zero-order chi connectivity index (χ0) is 19.2. The highest BCUT2D eigenvalue weighted by molar-refractivity contribution is 9.10. The van der Waals surface area contributed by atoms with Crippen LogP contribution in [0.3, 0.4) is 0 Å². The van der Waals surface area contributed by atoms with Gasteiger partial charge in [-0.05, 0) is 30.3 Å². The van der Waals surface area contributed by atoms with Gasteiger partial charge >= 0.3 is 0 Å². The van der Waals surface area contributed by atoms with Crippen molar-refractivity contribution in [3.05, 3.63) is 64.1 Å². The summed E-state index contributed by atoms with van der Waals surface area (Å²) in [6.45, 7) is 0. The first-order chi connectivity index (χ1) is 12.3. The highest BCUT2D eigenvalue weighted by Crippen LogP contribution is 2.13. The number of amides is 1. The summed E-state index contributed by atoms with van der Waals surface area (Å²) >= 11 is 3.28. The van der Waals surface area contributed by atoms with Crippen LogP contribution >= 0.6 is 15.9 Å². The molecule has 0 bridgehead atoms. The maximum Gasteiger partial charge on any atom is 0.271 e. The molecule has 136 valence electrons. The van der Waals surface area contributed by atoms with E-state index in [4.69, 9.17) is 5.21 Å². The highest BCUT2D eigenvalue weighted by Gasteiger charge is 2.08. The molecule has 0 saturated carbocycles. The van der Waals surface area contributed by atoms with Crippen molar-refractivity contribution in [2.45, 2.75) is 0 Å². The molecule has 2 aromatic rings. The average molecular weight is 439 g/mol. The number of sulfonamides is 1. The lowest BCUT2D eigenvalue weighted by molar-refractivity contribution is 0.0955. The molecule has 0 aromatic heterocycles. The van der Waals surface area contributed by atoms with Crippen molar-refractivity contribution in [1.29, 1.82) is 0 Å². The van der Waals surface area contributed by atoms with Crippen LogP contribution in [0.15, 0.2) is 63.3 Å². The highest BCUT2D eigenvalue weighted by atomic mass is 79.9. The van der Waals surface area contributed by atoms with E-state index in [0.717, 1.165) is 16.9 Å². The van der Waals surface area contributed by atoms with Gasteiger partial charge in [-0.25, -0.2) is 13.8 Å². The average Bonchev–Trinajstić information content (AvgIpc) is 2.57. The lowest BCUT2D eigenvalue weighted by Gasteiger charge is -2.07. The number of anilines is 1. The van der Waals surface area contributed by atoms with Crippen molar-refractivity contribution >= 4 is 49.5 Å². The molecule has 0 aliphatic carbocycles. The Bertz CT molecular complexity index is 974. The van der Waals surface area contributed by atoms with Gasteiger partial charge in [-0.3, -0.25) is 9.52 Å². The summed E-state index contributed by atoms with van der Waals surface area (Å²) in [6.07, 6.45) is 2.06. The molecule has 2 rings (SSSR count). The maximum atomic E-state index is 12.2. The Morgan fingerprint density at radius 2 is 1.85 bits per heavy atom. The SMILES string of the molecule is CS(=O)(=O)Nc1cccc(C(/C=N/O)=N/NC(=O)c2cccc(Br)c2)c1. The first kappa shape index (κ1) is 19.6. The quantitative estimate of drug-likeness (QED) is 0.364. The van der Waals surface area contributed by atoms with E-state index in [1.165, 1.54) is 6.07 Å². The summed E-state index contributed by atoms with van der Waals surface area (Å²) in [4.78, 5) is 12.2. The number of carbonyl (C=O) groups is 1. The van der Waals surface area contributed by atoms with Crippen molar-refractivity contribution in [3.63, 3.8) is 0 Å². The van der Waals surface area contributed by atoms with Gasteiger partial charge in [-0.1, -0.05) is 39.3 Å². The summed E-state index contributed by atoms with van der Waals surface area (Å²) in [5.41, 5.74) is 3.63. The maximum absolute atomic E-state index is 12.2. The predicted octanol–water partition coefficient (Wildman–Crippen LogP) is 2.41. The van der Waals surface area contributed by atoms with Crippen molar-refractivity contribution in [3.8, 4) is 0 Å². The van der Waals surface area contributed by atoms with Crippen LogP contribution in [0.4, 0.5) is 5.69 Å². The summed E-state index contributed by atoms with van der Waals surface area (Å²) in [5.74, 6) is -0.458. The third kappa shape index (κ3) is 5.97. The molecule has 0 unspecified atom stereocenters. The Morgan fingerprint density at radius 1 is 1.15 bits per heavy atom. The molecule has 0 saturated heterocycles. The number of benzene rings is 2. The van der Waals surface area contributed by atoms with Crippen molar-refractivity contribution in [2.75, 3.05) is 11.0 Å². The number of halogens is 1. The number of oxime groups is 1. The molecule has 2 aromatic carbocycles. The van der Waals surface area contributed by atoms with Crippen LogP contribution in [0.25, 0.3) is 0 Å². The van der Waals surface area contributed by atoms with Crippen LogP contribution in [0, 0.1) is 0 Å². The molecule has 0 heterocycles. The predicted molar refractivity (Wildman–Crippen MR) is 103 cm³/mol. The molecule has 10 heteroatoms. The molecule has 26 heavy (non-hydrogen) atoms. The molecular formula is C16H15BrN4O4S. The third-order valence-corrected chi connectivity index (χ3v) is 4.11. The number of hydrazone groups is 1. The smallest absolute Gasteiger partial charge is 0.271 e. The van der Waals surface area contributed by atoms with Gasteiger partial charge in [-0.2, -0.15) is 5.10 Å². The third-order valence-electron chi connectivity index (χ3n) is 3.01. The molecule has 0 aliphatic rings. The van der Waals surface area contributed by atoms with Crippen molar-refractivity contribution < 1.29 is 18.4 Å². The number of hydrogen-bond acceptors (Lipinski definition) is 6. The normalized spacial score (nSPS) is 12.2. The van der Waals surface area contributed by atoms with E-state index in [2.05, 4.69) is 36.3 Å². The van der Waals surface area contributed by atoms with Crippen LogP contribution in [0.1, 0.15) is 15.9 Å². The monoisotopic (exact) mass is 438 g/mol. The summed E-state index contributed by atoms with van der Waals surface area (Å²) in [5, 5.41) is 15.7. The summed E-state index contributed by atoms with van der Waals surface area (Å²) in [6, 6.07) is 13.0. The number of carbonyl (C=O) groups excluding carboxylic acids is 1. The van der Waals surface area contributed by atoms with Gasteiger partial charge in [0.25, 0.3) is 5.91 Å². The van der Waals surface area contributed by atoms with E-state index in [-0.39, 0.29) is 5.71 Å². The van der Waals surface area contributed by atoms with E-state index in [1.54, 1.807) is 42.5 Å². The molecule has 0 aliphatic heterocycles. The van der Waals surface area contributed by atoms with E-state index in [1.807, 2.05) is 0 Å². The largest absolute Gasteiger partial charge is 0.411 e. The number of nitrogens with zero attached hydrogens (tertiary/aromatic N) is 2. The standard InChI is InChI=1S/C16H15BrN4O4S/c1-26(24,25)21-14-7-3-4-11(9-14)15(10-18-23)19-20-16(22)12-5-2-6-13(17)8-12/h2-10,21,23H,1H3,(H,20,22)/b18-10+,19-15+. The van der Waals surface area contributed by atoms with E-state index < -0.39 is 15.9 Å². The van der Waals surface area contributed by atoms with E-state index >= 15 is 0 Å². The first-order valence-electron chi connectivity index (χ1n) is 7.18. The molecular weight excluding hydrogens is 424 g/mol. The Balaban J connectivity index is 2.27. The van der Waals surface area contributed by atoms with Gasteiger partial charge in [0.1, 0.15) is 5.71 Å². The Morgan fingerprint density at radius 3 is 2.50 bits per heavy atom. The minimum absolute atomic E-state index is 0.132. The number of hydrogen-bond donors (Lipinski definition) is 3. The summed E-state index contributed by atoms with van der Waals surface area (Å²) in [7, 11) is -3.44. The minimum atomic E-state index is -3.44.